The molecule has 0 fully saturated rings. The van der Waals surface area contributed by atoms with Crippen LogP contribution in [0.2, 0.25) is 10.0 Å². The van der Waals surface area contributed by atoms with E-state index in [9.17, 15) is 9.59 Å². The van der Waals surface area contributed by atoms with E-state index >= 15 is 0 Å². The standard InChI is InChI=1S/C24H30Cl2N2O2/c1-6-21(23(30)27-24(3,4)5)28(15-17-9-7-16(2)8-10-17)22(29)14-18-11-12-19(25)20(26)13-18/h7-13,21H,6,14-15H2,1-5H3,(H,27,30)/t21-/m0/s1. The highest BCUT2D eigenvalue weighted by Gasteiger charge is 2.30. The second-order valence-corrected chi connectivity index (χ2v) is 9.41. The first-order chi connectivity index (χ1) is 14.0. The summed E-state index contributed by atoms with van der Waals surface area (Å²) in [5.41, 5.74) is 2.50. The number of nitrogens with one attached hydrogen (secondary N) is 1. The van der Waals surface area contributed by atoms with Crippen LogP contribution in [0.5, 0.6) is 0 Å². The summed E-state index contributed by atoms with van der Waals surface area (Å²) in [5, 5.41) is 3.86. The van der Waals surface area contributed by atoms with Crippen molar-refractivity contribution in [2.24, 2.45) is 0 Å². The molecule has 0 saturated carbocycles. The summed E-state index contributed by atoms with van der Waals surface area (Å²) in [6.45, 7) is 10.1. The van der Waals surface area contributed by atoms with Gasteiger partial charge in [-0.3, -0.25) is 9.59 Å². The monoisotopic (exact) mass is 448 g/mol. The molecule has 0 aliphatic rings. The lowest BCUT2D eigenvalue weighted by molar-refractivity contribution is -0.141. The van der Waals surface area contributed by atoms with Crippen LogP contribution in [-0.2, 0) is 22.6 Å². The molecular formula is C24H30Cl2N2O2. The summed E-state index contributed by atoms with van der Waals surface area (Å²) in [6, 6.07) is 12.6. The molecule has 2 aromatic carbocycles. The van der Waals surface area contributed by atoms with Crippen molar-refractivity contribution in [1.82, 2.24) is 10.2 Å². The van der Waals surface area contributed by atoms with Gasteiger partial charge in [0.2, 0.25) is 11.8 Å². The molecule has 0 saturated heterocycles. The Morgan fingerprint density at radius 1 is 1.00 bits per heavy atom. The Morgan fingerprint density at radius 3 is 2.13 bits per heavy atom. The number of aryl methyl sites for hydroxylation is 1. The molecule has 1 N–H and O–H groups in total. The average Bonchev–Trinajstić information content (AvgIpc) is 2.64. The van der Waals surface area contributed by atoms with Crippen LogP contribution < -0.4 is 5.32 Å². The smallest absolute Gasteiger partial charge is 0.243 e. The first-order valence-corrected chi connectivity index (χ1v) is 10.9. The number of carbonyl (C=O) groups is 2. The molecule has 1 atom stereocenters. The highest BCUT2D eigenvalue weighted by Crippen LogP contribution is 2.24. The fraction of sp³-hybridized carbons (Fsp3) is 0.417. The van der Waals surface area contributed by atoms with E-state index in [-0.39, 0.29) is 23.8 Å². The second kappa shape index (κ2) is 10.3. The van der Waals surface area contributed by atoms with Crippen molar-refractivity contribution in [2.45, 2.75) is 65.6 Å². The van der Waals surface area contributed by atoms with Gasteiger partial charge in [-0.1, -0.05) is 66.0 Å². The number of carbonyl (C=O) groups excluding carboxylic acids is 2. The third-order valence-electron chi connectivity index (χ3n) is 4.70. The van der Waals surface area contributed by atoms with Crippen molar-refractivity contribution in [2.75, 3.05) is 0 Å². The highest BCUT2D eigenvalue weighted by atomic mass is 35.5. The second-order valence-electron chi connectivity index (χ2n) is 8.60. The van der Waals surface area contributed by atoms with Crippen LogP contribution in [-0.4, -0.2) is 28.3 Å². The quantitative estimate of drug-likeness (QED) is 0.601. The van der Waals surface area contributed by atoms with Gasteiger partial charge in [-0.05, 0) is 57.4 Å². The van der Waals surface area contributed by atoms with Crippen molar-refractivity contribution in [3.63, 3.8) is 0 Å². The third-order valence-corrected chi connectivity index (χ3v) is 5.44. The maximum Gasteiger partial charge on any atom is 0.243 e. The highest BCUT2D eigenvalue weighted by molar-refractivity contribution is 6.42. The first-order valence-electron chi connectivity index (χ1n) is 10.1. The molecule has 4 nitrogen and oxygen atoms in total. The molecule has 0 radical (unpaired) electrons. The van der Waals surface area contributed by atoms with E-state index in [0.29, 0.717) is 23.0 Å². The maximum absolute atomic E-state index is 13.3. The summed E-state index contributed by atoms with van der Waals surface area (Å²) in [5.74, 6) is -0.288. The van der Waals surface area contributed by atoms with Gasteiger partial charge in [-0.2, -0.15) is 0 Å². The third kappa shape index (κ3) is 7.03. The molecule has 0 aliphatic carbocycles. The van der Waals surface area contributed by atoms with Crippen LogP contribution >= 0.6 is 23.2 Å². The molecule has 0 heterocycles. The van der Waals surface area contributed by atoms with E-state index in [4.69, 9.17) is 23.2 Å². The van der Waals surface area contributed by atoms with Crippen LogP contribution in [0.4, 0.5) is 0 Å². The van der Waals surface area contributed by atoms with Crippen molar-refractivity contribution in [1.29, 1.82) is 0 Å². The lowest BCUT2D eigenvalue weighted by atomic mass is 10.0. The zero-order valence-corrected chi connectivity index (χ0v) is 19.8. The molecule has 0 unspecified atom stereocenters. The maximum atomic E-state index is 13.3. The molecule has 2 aromatic rings. The van der Waals surface area contributed by atoms with Crippen molar-refractivity contribution in [3.05, 3.63) is 69.2 Å². The molecule has 6 heteroatoms. The van der Waals surface area contributed by atoms with E-state index in [0.717, 1.165) is 16.7 Å². The van der Waals surface area contributed by atoms with Gasteiger partial charge in [0.05, 0.1) is 16.5 Å². The number of hydrogen-bond acceptors (Lipinski definition) is 2. The Balaban J connectivity index is 2.32. The van der Waals surface area contributed by atoms with Gasteiger partial charge in [0, 0.05) is 12.1 Å². The number of amides is 2. The normalized spacial score (nSPS) is 12.4. The minimum absolute atomic E-state index is 0.134. The Morgan fingerprint density at radius 2 is 1.60 bits per heavy atom. The van der Waals surface area contributed by atoms with Gasteiger partial charge in [-0.25, -0.2) is 0 Å². The largest absolute Gasteiger partial charge is 0.350 e. The minimum atomic E-state index is -0.569. The fourth-order valence-corrected chi connectivity index (χ4v) is 3.51. The first kappa shape index (κ1) is 24.2. The Hall–Kier alpha value is -2.04. The number of halogens is 2. The van der Waals surface area contributed by atoms with E-state index in [1.165, 1.54) is 0 Å². The van der Waals surface area contributed by atoms with E-state index in [1.54, 1.807) is 23.1 Å². The van der Waals surface area contributed by atoms with Gasteiger partial charge < -0.3 is 10.2 Å². The molecule has 0 aliphatic heterocycles. The number of benzene rings is 2. The van der Waals surface area contributed by atoms with Crippen molar-refractivity contribution < 1.29 is 9.59 Å². The number of hydrogen-bond donors (Lipinski definition) is 1. The van der Waals surface area contributed by atoms with Crippen LogP contribution in [0.3, 0.4) is 0 Å². The van der Waals surface area contributed by atoms with Gasteiger partial charge in [-0.15, -0.1) is 0 Å². The Bertz CT molecular complexity index is 889. The fourth-order valence-electron chi connectivity index (χ4n) is 3.19. The van der Waals surface area contributed by atoms with Gasteiger partial charge >= 0.3 is 0 Å². The molecule has 162 valence electrons. The van der Waals surface area contributed by atoms with Gasteiger partial charge in [0.15, 0.2) is 0 Å². The minimum Gasteiger partial charge on any atom is -0.350 e. The molecule has 0 aromatic heterocycles. The summed E-state index contributed by atoms with van der Waals surface area (Å²) in [4.78, 5) is 28.0. The molecule has 0 spiro atoms. The lowest BCUT2D eigenvalue weighted by Crippen LogP contribution is -2.53. The molecule has 2 rings (SSSR count). The van der Waals surface area contributed by atoms with E-state index < -0.39 is 6.04 Å². The summed E-state index contributed by atoms with van der Waals surface area (Å²) in [6.07, 6.45) is 0.656. The topological polar surface area (TPSA) is 49.4 Å². The van der Waals surface area contributed by atoms with Gasteiger partial charge in [0.25, 0.3) is 0 Å². The van der Waals surface area contributed by atoms with Crippen LogP contribution in [0, 0.1) is 6.92 Å². The summed E-state index contributed by atoms with van der Waals surface area (Å²) < 4.78 is 0. The molecule has 0 bridgehead atoms. The zero-order valence-electron chi connectivity index (χ0n) is 18.3. The van der Waals surface area contributed by atoms with E-state index in [1.807, 2.05) is 58.9 Å². The lowest BCUT2D eigenvalue weighted by Gasteiger charge is -2.33. The SMILES string of the molecule is CC[C@@H](C(=O)NC(C)(C)C)N(Cc1ccc(C)cc1)C(=O)Cc1ccc(Cl)c(Cl)c1. The van der Waals surface area contributed by atoms with Crippen LogP contribution in [0.15, 0.2) is 42.5 Å². The van der Waals surface area contributed by atoms with Crippen LogP contribution in [0.1, 0.15) is 50.8 Å². The molecule has 30 heavy (non-hydrogen) atoms. The van der Waals surface area contributed by atoms with E-state index in [2.05, 4.69) is 5.32 Å². The number of rotatable bonds is 7. The summed E-state index contributed by atoms with van der Waals surface area (Å²) in [7, 11) is 0. The molecule has 2 amide bonds. The predicted octanol–water partition coefficient (Wildman–Crippen LogP) is 5.57. The van der Waals surface area contributed by atoms with Crippen LogP contribution in [0.25, 0.3) is 0 Å². The Kier molecular flexibility index (Phi) is 8.34. The van der Waals surface area contributed by atoms with Crippen molar-refractivity contribution >= 4 is 35.0 Å². The average molecular weight is 449 g/mol. The van der Waals surface area contributed by atoms with Crippen molar-refractivity contribution in [3.8, 4) is 0 Å². The summed E-state index contributed by atoms with van der Waals surface area (Å²) >= 11 is 12.1. The predicted molar refractivity (Wildman–Crippen MR) is 124 cm³/mol. The molecular weight excluding hydrogens is 419 g/mol. The number of nitrogens with zero attached hydrogens (tertiary/aromatic N) is 1. The van der Waals surface area contributed by atoms with Gasteiger partial charge in [0.1, 0.15) is 6.04 Å². The zero-order chi connectivity index (χ0) is 22.5. The Labute approximate surface area is 189 Å².